The molecule has 5 heteroatoms. The third-order valence-electron chi connectivity index (χ3n) is 3.33. The van der Waals surface area contributed by atoms with Crippen LogP contribution in [0.5, 0.6) is 0 Å². The molecule has 19 heavy (non-hydrogen) atoms. The van der Waals surface area contributed by atoms with E-state index in [1.54, 1.807) is 0 Å². The molecule has 5 nitrogen and oxygen atoms in total. The number of hydrogen-bond acceptors (Lipinski definition) is 3. The SMILES string of the molecule is CC(NC(=O)Nc1ccc(CN)cc1)C1CCCO1. The quantitative estimate of drug-likeness (QED) is 0.775. The van der Waals surface area contributed by atoms with Crippen molar-refractivity contribution >= 4 is 11.7 Å². The molecule has 1 fully saturated rings. The zero-order valence-electron chi connectivity index (χ0n) is 11.2. The summed E-state index contributed by atoms with van der Waals surface area (Å²) >= 11 is 0. The van der Waals surface area contributed by atoms with Crippen molar-refractivity contribution in [2.24, 2.45) is 5.73 Å². The van der Waals surface area contributed by atoms with Crippen molar-refractivity contribution in [2.45, 2.75) is 38.5 Å². The number of carbonyl (C=O) groups is 1. The van der Waals surface area contributed by atoms with Gasteiger partial charge in [-0.1, -0.05) is 12.1 Å². The van der Waals surface area contributed by atoms with Gasteiger partial charge in [-0.15, -0.1) is 0 Å². The molecule has 104 valence electrons. The van der Waals surface area contributed by atoms with Gasteiger partial charge in [-0.25, -0.2) is 4.79 Å². The lowest BCUT2D eigenvalue weighted by atomic mass is 10.1. The van der Waals surface area contributed by atoms with Crippen LogP contribution in [0.2, 0.25) is 0 Å². The van der Waals surface area contributed by atoms with E-state index in [1.165, 1.54) is 0 Å². The predicted molar refractivity (Wildman–Crippen MR) is 74.9 cm³/mol. The van der Waals surface area contributed by atoms with E-state index in [4.69, 9.17) is 10.5 Å². The molecule has 0 spiro atoms. The highest BCUT2D eigenvalue weighted by Gasteiger charge is 2.23. The van der Waals surface area contributed by atoms with Gasteiger partial charge in [-0.2, -0.15) is 0 Å². The molecule has 4 N–H and O–H groups in total. The lowest BCUT2D eigenvalue weighted by molar-refractivity contribution is 0.0868. The first kappa shape index (κ1) is 13.8. The first-order valence-electron chi connectivity index (χ1n) is 6.67. The number of benzene rings is 1. The first-order valence-corrected chi connectivity index (χ1v) is 6.67. The molecule has 2 rings (SSSR count). The molecule has 1 aliphatic rings. The predicted octanol–water partition coefficient (Wildman–Crippen LogP) is 1.83. The molecule has 2 amide bonds. The molecule has 2 unspecified atom stereocenters. The second-order valence-corrected chi connectivity index (χ2v) is 4.84. The molecule has 1 aromatic carbocycles. The van der Waals surface area contributed by atoms with Gasteiger partial charge in [0.2, 0.25) is 0 Å². The minimum atomic E-state index is -0.205. The smallest absolute Gasteiger partial charge is 0.319 e. The number of rotatable bonds is 4. The van der Waals surface area contributed by atoms with Crippen LogP contribution in [0.15, 0.2) is 24.3 Å². The average molecular weight is 263 g/mol. The average Bonchev–Trinajstić information content (AvgIpc) is 2.93. The monoisotopic (exact) mass is 263 g/mol. The van der Waals surface area contributed by atoms with Crippen LogP contribution in [0.4, 0.5) is 10.5 Å². The maximum atomic E-state index is 11.8. The highest BCUT2D eigenvalue weighted by Crippen LogP contribution is 2.15. The molecule has 0 radical (unpaired) electrons. The molecule has 0 bridgehead atoms. The molecule has 1 aromatic rings. The maximum absolute atomic E-state index is 11.8. The van der Waals surface area contributed by atoms with Crippen molar-refractivity contribution in [3.63, 3.8) is 0 Å². The minimum absolute atomic E-state index is 0.0193. The Labute approximate surface area is 113 Å². The van der Waals surface area contributed by atoms with E-state index in [2.05, 4.69) is 10.6 Å². The minimum Gasteiger partial charge on any atom is -0.376 e. The van der Waals surface area contributed by atoms with E-state index in [1.807, 2.05) is 31.2 Å². The Balaban J connectivity index is 1.82. The maximum Gasteiger partial charge on any atom is 0.319 e. The van der Waals surface area contributed by atoms with Gasteiger partial charge in [0.25, 0.3) is 0 Å². The molecule has 1 saturated heterocycles. The van der Waals surface area contributed by atoms with Crippen molar-refractivity contribution in [1.29, 1.82) is 0 Å². The fraction of sp³-hybridized carbons (Fsp3) is 0.500. The Bertz CT molecular complexity index is 413. The number of anilines is 1. The number of carbonyl (C=O) groups excluding carboxylic acids is 1. The van der Waals surface area contributed by atoms with Crippen LogP contribution in [0, 0.1) is 0 Å². The number of nitrogens with two attached hydrogens (primary N) is 1. The summed E-state index contributed by atoms with van der Waals surface area (Å²) in [7, 11) is 0. The lowest BCUT2D eigenvalue weighted by Gasteiger charge is -2.20. The van der Waals surface area contributed by atoms with Crippen molar-refractivity contribution in [1.82, 2.24) is 5.32 Å². The Hall–Kier alpha value is -1.59. The Morgan fingerprint density at radius 1 is 1.47 bits per heavy atom. The summed E-state index contributed by atoms with van der Waals surface area (Å²) < 4.78 is 5.54. The van der Waals surface area contributed by atoms with Crippen LogP contribution in [0.1, 0.15) is 25.3 Å². The molecule has 1 heterocycles. The van der Waals surface area contributed by atoms with Crippen molar-refractivity contribution in [2.75, 3.05) is 11.9 Å². The van der Waals surface area contributed by atoms with Gasteiger partial charge in [-0.05, 0) is 37.5 Å². The molecule has 0 aromatic heterocycles. The van der Waals surface area contributed by atoms with Crippen LogP contribution in [0.3, 0.4) is 0 Å². The first-order chi connectivity index (χ1) is 9.19. The summed E-state index contributed by atoms with van der Waals surface area (Å²) in [6.45, 7) is 3.26. The largest absolute Gasteiger partial charge is 0.376 e. The summed E-state index contributed by atoms with van der Waals surface area (Å²) in [5.74, 6) is 0. The fourth-order valence-electron chi connectivity index (χ4n) is 2.19. The molecule has 1 aliphatic heterocycles. The summed E-state index contributed by atoms with van der Waals surface area (Å²) in [6.07, 6.45) is 2.20. The zero-order valence-corrected chi connectivity index (χ0v) is 11.2. The van der Waals surface area contributed by atoms with E-state index in [-0.39, 0.29) is 18.2 Å². The van der Waals surface area contributed by atoms with Gasteiger partial charge in [-0.3, -0.25) is 0 Å². The lowest BCUT2D eigenvalue weighted by Crippen LogP contribution is -2.42. The van der Waals surface area contributed by atoms with E-state index in [9.17, 15) is 4.79 Å². The van der Waals surface area contributed by atoms with Gasteiger partial charge < -0.3 is 21.1 Å². The molecular formula is C14H21N3O2. The third-order valence-corrected chi connectivity index (χ3v) is 3.33. The normalized spacial score (nSPS) is 20.0. The van der Waals surface area contributed by atoms with Crippen LogP contribution in [0.25, 0.3) is 0 Å². The number of urea groups is 1. The highest BCUT2D eigenvalue weighted by molar-refractivity contribution is 5.89. The van der Waals surface area contributed by atoms with Crippen molar-refractivity contribution < 1.29 is 9.53 Å². The second kappa shape index (κ2) is 6.54. The van der Waals surface area contributed by atoms with Crippen LogP contribution < -0.4 is 16.4 Å². The number of ether oxygens (including phenoxy) is 1. The van der Waals surface area contributed by atoms with Gasteiger partial charge in [0.05, 0.1) is 12.1 Å². The van der Waals surface area contributed by atoms with Gasteiger partial charge >= 0.3 is 6.03 Å². The Kier molecular flexibility index (Phi) is 4.76. The van der Waals surface area contributed by atoms with Crippen molar-refractivity contribution in [3.05, 3.63) is 29.8 Å². The molecule has 2 atom stereocenters. The number of nitrogens with one attached hydrogen (secondary N) is 2. The molecular weight excluding hydrogens is 242 g/mol. The topological polar surface area (TPSA) is 76.4 Å². The Morgan fingerprint density at radius 3 is 2.79 bits per heavy atom. The van der Waals surface area contributed by atoms with Crippen LogP contribution in [-0.4, -0.2) is 24.8 Å². The third kappa shape index (κ3) is 3.94. The summed E-state index contributed by atoms with van der Waals surface area (Å²) in [6, 6.07) is 7.31. The Morgan fingerprint density at radius 2 is 2.21 bits per heavy atom. The summed E-state index contributed by atoms with van der Waals surface area (Å²) in [4.78, 5) is 11.8. The van der Waals surface area contributed by atoms with Crippen molar-refractivity contribution in [3.8, 4) is 0 Å². The molecule has 0 saturated carbocycles. The summed E-state index contributed by atoms with van der Waals surface area (Å²) in [5.41, 5.74) is 7.32. The van der Waals surface area contributed by atoms with Gasteiger partial charge in [0.15, 0.2) is 0 Å². The van der Waals surface area contributed by atoms with E-state index >= 15 is 0 Å². The van der Waals surface area contributed by atoms with E-state index in [0.717, 1.165) is 30.7 Å². The number of hydrogen-bond donors (Lipinski definition) is 3. The van der Waals surface area contributed by atoms with Crippen LogP contribution >= 0.6 is 0 Å². The molecule has 0 aliphatic carbocycles. The van der Waals surface area contributed by atoms with E-state index in [0.29, 0.717) is 6.54 Å². The fourth-order valence-corrected chi connectivity index (χ4v) is 2.19. The van der Waals surface area contributed by atoms with Gasteiger partial charge in [0.1, 0.15) is 0 Å². The van der Waals surface area contributed by atoms with E-state index < -0.39 is 0 Å². The highest BCUT2D eigenvalue weighted by atomic mass is 16.5. The van der Waals surface area contributed by atoms with Crippen LogP contribution in [-0.2, 0) is 11.3 Å². The summed E-state index contributed by atoms with van der Waals surface area (Å²) in [5, 5.41) is 5.70. The number of amides is 2. The second-order valence-electron chi connectivity index (χ2n) is 4.84. The standard InChI is InChI=1S/C14H21N3O2/c1-10(13-3-2-8-19-13)16-14(18)17-12-6-4-11(9-15)5-7-12/h4-7,10,13H,2-3,8-9,15H2,1H3,(H2,16,17,18). The van der Waals surface area contributed by atoms with Gasteiger partial charge in [0, 0.05) is 18.8 Å². The zero-order chi connectivity index (χ0) is 13.7.